The lowest BCUT2D eigenvalue weighted by Gasteiger charge is -2.26. The molecule has 2 atom stereocenters. The number of carboxylic acids is 1. The second-order valence-corrected chi connectivity index (χ2v) is 30.1. The van der Waals surface area contributed by atoms with Crippen molar-refractivity contribution in [3.63, 3.8) is 0 Å². The van der Waals surface area contributed by atoms with Crippen molar-refractivity contribution in [3.8, 4) is 0 Å². The van der Waals surface area contributed by atoms with Crippen LogP contribution in [0.3, 0.4) is 0 Å². The predicted molar refractivity (Wildman–Crippen MR) is 403 cm³/mol. The molecule has 0 aliphatic heterocycles. The Morgan fingerprint density at radius 1 is 0.319 bits per heavy atom. The van der Waals surface area contributed by atoms with Crippen molar-refractivity contribution in [2.24, 2.45) is 0 Å². The number of carbonyl (C=O) groups excluding carboxylic acids is 3. The van der Waals surface area contributed by atoms with E-state index in [-0.39, 0.29) is 32.2 Å². The van der Waals surface area contributed by atoms with Crippen LogP contribution in [0.15, 0.2) is 24.3 Å². The van der Waals surface area contributed by atoms with Gasteiger partial charge in [0.05, 0.1) is 40.3 Å². The molecule has 0 heterocycles. The van der Waals surface area contributed by atoms with Crippen LogP contribution in [0.2, 0.25) is 0 Å². The van der Waals surface area contributed by atoms with Gasteiger partial charge in [0.15, 0.2) is 12.4 Å². The van der Waals surface area contributed by atoms with Gasteiger partial charge in [-0.25, -0.2) is 0 Å². The van der Waals surface area contributed by atoms with E-state index < -0.39 is 24.3 Å². The molecule has 0 saturated heterocycles. The maximum atomic E-state index is 13.0. The van der Waals surface area contributed by atoms with Crippen LogP contribution < -0.4 is 5.11 Å². The van der Waals surface area contributed by atoms with Crippen LogP contribution in [-0.2, 0) is 33.3 Å². The molecule has 94 heavy (non-hydrogen) atoms. The first kappa shape index (κ1) is 91.8. The van der Waals surface area contributed by atoms with E-state index in [1.54, 1.807) is 0 Å². The first-order chi connectivity index (χ1) is 46.1. The highest BCUT2D eigenvalue weighted by Gasteiger charge is 2.22. The van der Waals surface area contributed by atoms with Gasteiger partial charge < -0.3 is 33.3 Å². The van der Waals surface area contributed by atoms with Crippen molar-refractivity contribution in [2.75, 3.05) is 47.5 Å². The molecule has 0 radical (unpaired) electrons. The van der Waals surface area contributed by atoms with Crippen LogP contribution in [0.1, 0.15) is 444 Å². The lowest BCUT2D eigenvalue weighted by molar-refractivity contribution is -0.870. The van der Waals surface area contributed by atoms with Crippen molar-refractivity contribution in [1.82, 2.24) is 0 Å². The fourth-order valence-electron chi connectivity index (χ4n) is 13.0. The standard InChI is InChI=1S/C85H163NO8/c1-6-8-10-12-14-16-18-20-22-24-26-28-30-32-34-36-37-38-39-40-41-42-43-44-45-46-47-48-50-52-54-56-58-60-62-64-66-68-70-72-74-76-83(88)94-81(80-93-85(84(89)90)91-78-77-86(3,4)5)79-92-82(87)75-73-71-69-67-65-63-61-59-57-55-53-51-49-35-33-31-29-27-25-23-21-19-17-15-13-11-9-7-2/h18,20,24,26,81,85H,6-17,19,21-23,25,27-80H2,1-5H3/b20-18-,26-24-. The Kier molecular flexibility index (Phi) is 74.7. The maximum Gasteiger partial charge on any atom is 0.306 e. The van der Waals surface area contributed by atoms with Crippen molar-refractivity contribution in [2.45, 2.75) is 456 Å². The summed E-state index contributed by atoms with van der Waals surface area (Å²) in [6.07, 6.45) is 94.7. The number of carboxylic acid groups (broad SMARTS) is 1. The van der Waals surface area contributed by atoms with Crippen molar-refractivity contribution >= 4 is 17.9 Å². The Morgan fingerprint density at radius 3 is 0.840 bits per heavy atom. The number of hydrogen-bond donors (Lipinski definition) is 0. The quantitative estimate of drug-likeness (QED) is 0.0195. The average Bonchev–Trinajstić information content (AvgIpc) is 3.42. The van der Waals surface area contributed by atoms with Crippen LogP contribution in [0.4, 0.5) is 0 Å². The maximum absolute atomic E-state index is 13.0. The first-order valence-corrected chi connectivity index (χ1v) is 42.0. The van der Waals surface area contributed by atoms with Gasteiger partial charge in [-0.15, -0.1) is 0 Å². The van der Waals surface area contributed by atoms with Gasteiger partial charge in [0, 0.05) is 12.8 Å². The number of carbonyl (C=O) groups is 3. The summed E-state index contributed by atoms with van der Waals surface area (Å²) in [5.74, 6) is -2.24. The highest BCUT2D eigenvalue weighted by atomic mass is 16.7. The molecule has 0 fully saturated rings. The number of rotatable bonds is 80. The summed E-state index contributed by atoms with van der Waals surface area (Å²) in [5, 5.41) is 11.9. The fourth-order valence-corrected chi connectivity index (χ4v) is 13.0. The summed E-state index contributed by atoms with van der Waals surface area (Å²) in [6, 6.07) is 0. The number of likely N-dealkylation sites (N-methyl/N-ethyl adjacent to an activating group) is 1. The molecule has 0 N–H and O–H groups in total. The zero-order chi connectivity index (χ0) is 68.2. The molecule has 0 aliphatic carbocycles. The lowest BCUT2D eigenvalue weighted by atomic mass is 10.0. The monoisotopic (exact) mass is 1330 g/mol. The molecule has 0 amide bonds. The average molecular weight is 1330 g/mol. The van der Waals surface area contributed by atoms with Gasteiger partial charge in [0.1, 0.15) is 13.2 Å². The molecule has 0 aromatic carbocycles. The summed E-state index contributed by atoms with van der Waals surface area (Å²) in [7, 11) is 5.96. The van der Waals surface area contributed by atoms with Crippen molar-refractivity contribution in [3.05, 3.63) is 24.3 Å². The molecule has 556 valence electrons. The first-order valence-electron chi connectivity index (χ1n) is 42.0. The number of nitrogens with zero attached hydrogens (tertiary/aromatic N) is 1. The zero-order valence-corrected chi connectivity index (χ0v) is 63.9. The topological polar surface area (TPSA) is 111 Å². The summed E-state index contributed by atoms with van der Waals surface area (Å²) >= 11 is 0. The second kappa shape index (κ2) is 76.5. The minimum absolute atomic E-state index is 0.153. The Labute approximate surface area is 586 Å². The molecule has 0 spiro atoms. The highest BCUT2D eigenvalue weighted by Crippen LogP contribution is 2.21. The van der Waals surface area contributed by atoms with E-state index in [1.807, 2.05) is 21.1 Å². The SMILES string of the molecule is CCCCCCC/C=C\C/C=C\CCCCCCCCCCCCCCCCCCCCCCCCCCCCCCCC(=O)OC(COC(=O)CCCCCCCCCCCCCCCCCCCCCCCCCCCCCC)COC(OCC[N+](C)(C)C)C(=O)[O-]. The predicted octanol–water partition coefficient (Wildman–Crippen LogP) is 25.5. The number of unbranched alkanes of at least 4 members (excludes halogenated alkanes) is 61. The highest BCUT2D eigenvalue weighted by molar-refractivity contribution is 5.70. The zero-order valence-electron chi connectivity index (χ0n) is 63.9. The van der Waals surface area contributed by atoms with Gasteiger partial charge in [0.25, 0.3) is 0 Å². The van der Waals surface area contributed by atoms with Gasteiger partial charge >= 0.3 is 11.9 Å². The minimum Gasteiger partial charge on any atom is -0.545 e. The molecule has 0 bridgehead atoms. The molecular formula is C85H163NO8. The number of esters is 2. The Hall–Kier alpha value is -2.23. The van der Waals surface area contributed by atoms with Crippen molar-refractivity contribution in [1.29, 1.82) is 0 Å². The molecule has 0 aromatic heterocycles. The van der Waals surface area contributed by atoms with E-state index in [1.165, 1.54) is 372 Å². The van der Waals surface area contributed by atoms with Gasteiger partial charge in [-0.3, -0.25) is 9.59 Å². The molecular weight excluding hydrogens is 1160 g/mol. The fraction of sp³-hybridized carbons (Fsp3) is 0.918. The van der Waals surface area contributed by atoms with Gasteiger partial charge in [-0.2, -0.15) is 0 Å². The second-order valence-electron chi connectivity index (χ2n) is 30.1. The third-order valence-corrected chi connectivity index (χ3v) is 19.5. The summed E-state index contributed by atoms with van der Waals surface area (Å²) < 4.78 is 22.9. The van der Waals surface area contributed by atoms with E-state index >= 15 is 0 Å². The van der Waals surface area contributed by atoms with Crippen LogP contribution in [-0.4, -0.2) is 82.3 Å². The van der Waals surface area contributed by atoms with Gasteiger partial charge in [-0.05, 0) is 44.9 Å². The molecule has 9 heteroatoms. The Balaban J connectivity index is 3.90. The van der Waals surface area contributed by atoms with Gasteiger partial charge in [-0.1, -0.05) is 411 Å². The molecule has 2 unspecified atom stereocenters. The molecule has 0 saturated carbocycles. The third-order valence-electron chi connectivity index (χ3n) is 19.5. The Morgan fingerprint density at radius 2 is 0.574 bits per heavy atom. The molecule has 0 rings (SSSR count). The smallest absolute Gasteiger partial charge is 0.306 e. The molecule has 0 aliphatic rings. The summed E-state index contributed by atoms with van der Waals surface area (Å²) in [5.41, 5.74) is 0. The Bertz CT molecular complexity index is 1590. The number of quaternary nitrogens is 1. The number of hydrogen-bond acceptors (Lipinski definition) is 8. The molecule has 9 nitrogen and oxygen atoms in total. The number of allylic oxidation sites excluding steroid dienone is 4. The van der Waals surface area contributed by atoms with Crippen molar-refractivity contribution < 1.29 is 42.9 Å². The minimum atomic E-state index is -1.62. The third kappa shape index (κ3) is 77.1. The van der Waals surface area contributed by atoms with Gasteiger partial charge in [0.2, 0.25) is 0 Å². The van der Waals surface area contributed by atoms with Crippen LogP contribution in [0.25, 0.3) is 0 Å². The lowest BCUT2D eigenvalue weighted by Crippen LogP contribution is -2.44. The van der Waals surface area contributed by atoms with E-state index in [4.69, 9.17) is 18.9 Å². The van der Waals surface area contributed by atoms with E-state index in [9.17, 15) is 19.5 Å². The summed E-state index contributed by atoms with van der Waals surface area (Å²) in [6.45, 7) is 4.83. The summed E-state index contributed by atoms with van der Waals surface area (Å²) in [4.78, 5) is 37.6. The van der Waals surface area contributed by atoms with E-state index in [2.05, 4.69) is 38.2 Å². The molecule has 0 aromatic rings. The normalized spacial score (nSPS) is 12.6. The van der Waals surface area contributed by atoms with E-state index in [0.29, 0.717) is 17.4 Å². The van der Waals surface area contributed by atoms with Crippen LogP contribution in [0, 0.1) is 0 Å². The number of aliphatic carboxylic acids is 1. The van der Waals surface area contributed by atoms with Crippen LogP contribution in [0.5, 0.6) is 0 Å². The van der Waals surface area contributed by atoms with E-state index in [0.717, 1.165) is 44.9 Å². The number of ether oxygens (including phenoxy) is 4. The van der Waals surface area contributed by atoms with Crippen LogP contribution >= 0.6 is 0 Å². The largest absolute Gasteiger partial charge is 0.545 e.